The van der Waals surface area contributed by atoms with E-state index >= 15 is 0 Å². The van der Waals surface area contributed by atoms with E-state index in [0.29, 0.717) is 19.6 Å². The van der Waals surface area contributed by atoms with Gasteiger partial charge in [0.15, 0.2) is 0 Å². The first-order chi connectivity index (χ1) is 10.7. The van der Waals surface area contributed by atoms with Gasteiger partial charge < -0.3 is 14.8 Å². The molecule has 0 aliphatic heterocycles. The van der Waals surface area contributed by atoms with Gasteiger partial charge in [0, 0.05) is 0 Å². The van der Waals surface area contributed by atoms with Crippen LogP contribution in [0.2, 0.25) is 0 Å². The summed E-state index contributed by atoms with van der Waals surface area (Å²) < 4.78 is 10.2. The summed E-state index contributed by atoms with van der Waals surface area (Å²) >= 11 is 1.63. The Morgan fingerprint density at radius 2 is 1.73 bits per heavy atom. The second-order valence-electron chi connectivity index (χ2n) is 5.20. The van der Waals surface area contributed by atoms with Gasteiger partial charge in [0.1, 0.15) is 6.04 Å². The molecule has 0 saturated carbocycles. The van der Waals surface area contributed by atoms with Crippen LogP contribution in [0.25, 0.3) is 0 Å². The minimum atomic E-state index is -0.618. The molecular formula is C16H31NO4S. The molecule has 0 aromatic carbocycles. The van der Waals surface area contributed by atoms with Crippen molar-refractivity contribution in [3.05, 3.63) is 0 Å². The Balaban J connectivity index is 4.07. The fourth-order valence-corrected chi connectivity index (χ4v) is 2.31. The van der Waals surface area contributed by atoms with Crippen LogP contribution in [0.15, 0.2) is 0 Å². The van der Waals surface area contributed by atoms with E-state index < -0.39 is 12.1 Å². The molecule has 130 valence electrons. The lowest BCUT2D eigenvalue weighted by molar-refractivity contribution is -0.146. The maximum atomic E-state index is 12.0. The van der Waals surface area contributed by atoms with Crippen LogP contribution in [-0.4, -0.2) is 43.3 Å². The molecule has 0 spiro atoms. The number of unbranched alkanes of at least 4 members (excludes halogenated alkanes) is 4. The number of nitrogens with one attached hydrogen (secondary N) is 1. The molecule has 0 aliphatic carbocycles. The molecule has 1 atom stereocenters. The van der Waals surface area contributed by atoms with Gasteiger partial charge in [-0.1, -0.05) is 39.5 Å². The summed E-state index contributed by atoms with van der Waals surface area (Å²) in [5.74, 6) is 0.419. The molecule has 0 rings (SSSR count). The molecule has 0 heterocycles. The van der Waals surface area contributed by atoms with Crippen LogP contribution < -0.4 is 5.32 Å². The number of ether oxygens (including phenoxy) is 2. The Bertz CT molecular complexity index is 300. The maximum Gasteiger partial charge on any atom is 0.407 e. The standard InChI is InChI=1S/C16H31NO4S/c1-4-6-7-8-9-12-20-15(18)14(10-13-22-3)17-16(19)21-11-5-2/h14H,4-13H2,1-3H3,(H,17,19). The Morgan fingerprint density at radius 3 is 2.36 bits per heavy atom. The number of carbonyl (C=O) groups is 2. The third kappa shape index (κ3) is 11.7. The Hall–Kier alpha value is -0.910. The second kappa shape index (κ2) is 15.0. The molecule has 1 amide bonds. The van der Waals surface area contributed by atoms with Crippen LogP contribution in [0, 0.1) is 0 Å². The summed E-state index contributed by atoms with van der Waals surface area (Å²) in [6.07, 6.45) is 8.26. The number of alkyl carbamates (subject to hydrolysis) is 1. The third-order valence-electron chi connectivity index (χ3n) is 3.12. The van der Waals surface area contributed by atoms with Gasteiger partial charge in [-0.25, -0.2) is 9.59 Å². The molecular weight excluding hydrogens is 302 g/mol. The Labute approximate surface area is 138 Å². The van der Waals surface area contributed by atoms with Gasteiger partial charge in [-0.15, -0.1) is 0 Å². The van der Waals surface area contributed by atoms with E-state index in [9.17, 15) is 9.59 Å². The minimum Gasteiger partial charge on any atom is -0.464 e. The Kier molecular flexibility index (Phi) is 14.4. The monoisotopic (exact) mass is 333 g/mol. The van der Waals surface area contributed by atoms with Crippen molar-refractivity contribution < 1.29 is 19.1 Å². The van der Waals surface area contributed by atoms with Crippen LogP contribution in [0.1, 0.15) is 58.8 Å². The SMILES string of the molecule is CCCCCCCOC(=O)C(CCSC)NC(=O)OCCC. The van der Waals surface area contributed by atoms with Gasteiger partial charge in [0.25, 0.3) is 0 Å². The van der Waals surface area contributed by atoms with E-state index in [-0.39, 0.29) is 5.97 Å². The molecule has 1 unspecified atom stereocenters. The number of thioether (sulfide) groups is 1. The zero-order valence-corrected chi connectivity index (χ0v) is 15.0. The van der Waals surface area contributed by atoms with Crippen molar-refractivity contribution >= 4 is 23.8 Å². The molecule has 5 nitrogen and oxygen atoms in total. The minimum absolute atomic E-state index is 0.355. The number of hydrogen-bond donors (Lipinski definition) is 1. The molecule has 0 radical (unpaired) electrons. The number of rotatable bonds is 13. The lowest BCUT2D eigenvalue weighted by atomic mass is 10.2. The summed E-state index contributed by atoms with van der Waals surface area (Å²) in [7, 11) is 0. The smallest absolute Gasteiger partial charge is 0.407 e. The number of carbonyl (C=O) groups excluding carboxylic acids is 2. The van der Waals surface area contributed by atoms with Crippen molar-refractivity contribution in [2.45, 2.75) is 64.8 Å². The normalized spacial score (nSPS) is 11.8. The molecule has 0 saturated heterocycles. The zero-order chi connectivity index (χ0) is 16.6. The first-order valence-corrected chi connectivity index (χ1v) is 9.63. The number of hydrogen-bond acceptors (Lipinski definition) is 5. The van der Waals surface area contributed by atoms with E-state index in [1.807, 2.05) is 13.2 Å². The second-order valence-corrected chi connectivity index (χ2v) is 6.18. The van der Waals surface area contributed by atoms with Crippen LogP contribution >= 0.6 is 11.8 Å². The van der Waals surface area contributed by atoms with Crippen molar-refractivity contribution in [3.8, 4) is 0 Å². The fourth-order valence-electron chi connectivity index (χ4n) is 1.84. The summed E-state index contributed by atoms with van der Waals surface area (Å²) in [6.45, 7) is 4.86. The fraction of sp³-hybridized carbons (Fsp3) is 0.875. The van der Waals surface area contributed by atoms with Crippen molar-refractivity contribution in [1.82, 2.24) is 5.32 Å². The van der Waals surface area contributed by atoms with Crippen LogP contribution in [0.4, 0.5) is 4.79 Å². The number of amides is 1. The molecule has 0 aliphatic rings. The van der Waals surface area contributed by atoms with Crippen LogP contribution in [0.5, 0.6) is 0 Å². The van der Waals surface area contributed by atoms with Crippen molar-refractivity contribution in [1.29, 1.82) is 0 Å². The predicted octanol–water partition coefficient (Wildman–Crippen LogP) is 3.76. The molecule has 22 heavy (non-hydrogen) atoms. The summed E-state index contributed by atoms with van der Waals surface area (Å²) in [4.78, 5) is 23.6. The van der Waals surface area contributed by atoms with E-state index in [0.717, 1.165) is 25.0 Å². The van der Waals surface area contributed by atoms with Gasteiger partial charge in [-0.2, -0.15) is 11.8 Å². The molecule has 0 bridgehead atoms. The van der Waals surface area contributed by atoms with Crippen LogP contribution in [0.3, 0.4) is 0 Å². The first-order valence-electron chi connectivity index (χ1n) is 8.24. The molecule has 6 heteroatoms. The quantitative estimate of drug-likeness (QED) is 0.411. The highest BCUT2D eigenvalue weighted by Gasteiger charge is 2.22. The highest BCUT2D eigenvalue weighted by Crippen LogP contribution is 2.06. The van der Waals surface area contributed by atoms with E-state index in [1.165, 1.54) is 19.3 Å². The average molecular weight is 333 g/mol. The van der Waals surface area contributed by atoms with Gasteiger partial charge in [-0.05, 0) is 31.3 Å². The zero-order valence-electron chi connectivity index (χ0n) is 14.2. The average Bonchev–Trinajstić information content (AvgIpc) is 2.52. The highest BCUT2D eigenvalue weighted by molar-refractivity contribution is 7.98. The first kappa shape index (κ1) is 21.1. The third-order valence-corrected chi connectivity index (χ3v) is 3.76. The largest absolute Gasteiger partial charge is 0.464 e. The van der Waals surface area contributed by atoms with Crippen molar-refractivity contribution in [3.63, 3.8) is 0 Å². The molecule has 0 aromatic rings. The topological polar surface area (TPSA) is 64.6 Å². The van der Waals surface area contributed by atoms with E-state index in [2.05, 4.69) is 12.2 Å². The molecule has 1 N–H and O–H groups in total. The lowest BCUT2D eigenvalue weighted by Crippen LogP contribution is -2.42. The maximum absolute atomic E-state index is 12.0. The van der Waals surface area contributed by atoms with Gasteiger partial charge in [0.05, 0.1) is 13.2 Å². The Morgan fingerprint density at radius 1 is 1.00 bits per heavy atom. The van der Waals surface area contributed by atoms with Gasteiger partial charge in [-0.3, -0.25) is 0 Å². The summed E-state index contributed by atoms with van der Waals surface area (Å²) in [6, 6.07) is -0.618. The lowest BCUT2D eigenvalue weighted by Gasteiger charge is -2.17. The van der Waals surface area contributed by atoms with Gasteiger partial charge in [0.2, 0.25) is 0 Å². The summed E-state index contributed by atoms with van der Waals surface area (Å²) in [5, 5.41) is 2.60. The molecule has 0 aromatic heterocycles. The van der Waals surface area contributed by atoms with Crippen LogP contribution in [-0.2, 0) is 14.3 Å². The highest BCUT2D eigenvalue weighted by atomic mass is 32.2. The van der Waals surface area contributed by atoms with Gasteiger partial charge >= 0.3 is 12.1 Å². The summed E-state index contributed by atoms with van der Waals surface area (Å²) in [5.41, 5.74) is 0. The van der Waals surface area contributed by atoms with E-state index in [1.54, 1.807) is 11.8 Å². The predicted molar refractivity (Wildman–Crippen MR) is 91.3 cm³/mol. The van der Waals surface area contributed by atoms with Crippen molar-refractivity contribution in [2.24, 2.45) is 0 Å². The molecule has 0 fully saturated rings. The number of esters is 1. The van der Waals surface area contributed by atoms with Crippen molar-refractivity contribution in [2.75, 3.05) is 25.2 Å². The van der Waals surface area contributed by atoms with E-state index in [4.69, 9.17) is 9.47 Å².